The van der Waals surface area contributed by atoms with Gasteiger partial charge in [0.05, 0.1) is 17.5 Å². The quantitative estimate of drug-likeness (QED) is 0.527. The Bertz CT molecular complexity index is 1110. The monoisotopic (exact) mass is 385 g/mol. The molecule has 2 aliphatic rings. The zero-order chi connectivity index (χ0) is 19.7. The Balaban J connectivity index is 1.56. The first-order chi connectivity index (χ1) is 14.3. The Morgan fingerprint density at radius 3 is 2.69 bits per heavy atom. The molecule has 0 unspecified atom stereocenters. The van der Waals surface area contributed by atoms with Crippen LogP contribution in [0.4, 0.5) is 5.95 Å². The van der Waals surface area contributed by atoms with E-state index in [0.29, 0.717) is 5.95 Å². The van der Waals surface area contributed by atoms with Gasteiger partial charge in [0.2, 0.25) is 5.95 Å². The Morgan fingerprint density at radius 2 is 1.86 bits per heavy atom. The molecule has 146 valence electrons. The van der Waals surface area contributed by atoms with Crippen LogP contribution in [0.2, 0.25) is 0 Å². The lowest BCUT2D eigenvalue weighted by molar-refractivity contribution is 0.285. The SMILES string of the molecule is O=c1[nH]c(N/N=C\c2ccncc2)nc2c1C1(CCCCC1)Cc1ccccc1-2. The second kappa shape index (κ2) is 7.28. The lowest BCUT2D eigenvalue weighted by atomic mass is 9.62. The molecule has 5 rings (SSSR count). The van der Waals surface area contributed by atoms with E-state index in [2.05, 4.69) is 38.7 Å². The summed E-state index contributed by atoms with van der Waals surface area (Å²) in [5, 5.41) is 4.23. The normalized spacial score (nSPS) is 17.1. The third-order valence-corrected chi connectivity index (χ3v) is 6.15. The maximum atomic E-state index is 13.2. The summed E-state index contributed by atoms with van der Waals surface area (Å²) >= 11 is 0. The number of benzene rings is 1. The molecule has 2 heterocycles. The third-order valence-electron chi connectivity index (χ3n) is 6.15. The molecule has 0 bridgehead atoms. The zero-order valence-electron chi connectivity index (χ0n) is 16.2. The van der Waals surface area contributed by atoms with E-state index in [4.69, 9.17) is 4.98 Å². The number of nitrogens with one attached hydrogen (secondary N) is 2. The first kappa shape index (κ1) is 17.8. The maximum Gasteiger partial charge on any atom is 0.256 e. The number of hydrogen-bond acceptors (Lipinski definition) is 5. The highest BCUT2D eigenvalue weighted by Crippen LogP contribution is 2.48. The third kappa shape index (κ3) is 3.24. The number of rotatable bonds is 3. The highest BCUT2D eigenvalue weighted by Gasteiger charge is 2.42. The van der Waals surface area contributed by atoms with Crippen LogP contribution in [-0.4, -0.2) is 21.2 Å². The summed E-state index contributed by atoms with van der Waals surface area (Å²) in [6, 6.07) is 12.0. The van der Waals surface area contributed by atoms with Gasteiger partial charge in [-0.2, -0.15) is 5.10 Å². The molecule has 0 atom stereocenters. The van der Waals surface area contributed by atoms with Gasteiger partial charge in [0.25, 0.3) is 5.56 Å². The van der Waals surface area contributed by atoms with Crippen molar-refractivity contribution in [2.75, 3.05) is 5.43 Å². The molecule has 6 heteroatoms. The first-order valence-corrected chi connectivity index (χ1v) is 10.2. The summed E-state index contributed by atoms with van der Waals surface area (Å²) in [7, 11) is 0. The number of anilines is 1. The number of fused-ring (bicyclic) bond motifs is 4. The fraction of sp³-hybridized carbons (Fsp3) is 0.304. The van der Waals surface area contributed by atoms with E-state index in [1.807, 2.05) is 18.2 Å². The molecular weight excluding hydrogens is 362 g/mol. The van der Waals surface area contributed by atoms with E-state index in [1.54, 1.807) is 18.6 Å². The highest BCUT2D eigenvalue weighted by molar-refractivity contribution is 5.79. The summed E-state index contributed by atoms with van der Waals surface area (Å²) < 4.78 is 0. The van der Waals surface area contributed by atoms with Crippen molar-refractivity contribution >= 4 is 12.2 Å². The molecule has 2 aromatic heterocycles. The van der Waals surface area contributed by atoms with Crippen LogP contribution >= 0.6 is 0 Å². The van der Waals surface area contributed by atoms with Gasteiger partial charge in [-0.05, 0) is 42.5 Å². The second-order valence-corrected chi connectivity index (χ2v) is 7.96. The minimum Gasteiger partial charge on any atom is -0.291 e. The number of hydrogen-bond donors (Lipinski definition) is 2. The predicted octanol–water partition coefficient (Wildman–Crippen LogP) is 4.04. The van der Waals surface area contributed by atoms with Gasteiger partial charge in [-0.25, -0.2) is 10.4 Å². The molecule has 1 fully saturated rings. The molecule has 0 amide bonds. The molecule has 1 aromatic carbocycles. The van der Waals surface area contributed by atoms with E-state index in [0.717, 1.165) is 54.5 Å². The van der Waals surface area contributed by atoms with Crippen LogP contribution in [0.3, 0.4) is 0 Å². The smallest absolute Gasteiger partial charge is 0.256 e. The zero-order valence-corrected chi connectivity index (χ0v) is 16.2. The molecule has 3 aromatic rings. The molecule has 0 aliphatic heterocycles. The molecule has 2 aliphatic carbocycles. The minimum absolute atomic E-state index is 0.0481. The lowest BCUT2D eigenvalue weighted by Gasteiger charge is -2.41. The molecule has 1 spiro atoms. The molecule has 6 nitrogen and oxygen atoms in total. The fourth-order valence-corrected chi connectivity index (χ4v) is 4.84. The summed E-state index contributed by atoms with van der Waals surface area (Å²) in [6.07, 6.45) is 11.7. The lowest BCUT2D eigenvalue weighted by Crippen LogP contribution is -2.40. The minimum atomic E-state index is -0.0959. The predicted molar refractivity (Wildman–Crippen MR) is 114 cm³/mol. The largest absolute Gasteiger partial charge is 0.291 e. The Hall–Kier alpha value is -3.28. The molecular formula is C23H23N5O. The van der Waals surface area contributed by atoms with Crippen molar-refractivity contribution in [2.45, 2.75) is 43.9 Å². The van der Waals surface area contributed by atoms with Crippen molar-refractivity contribution in [2.24, 2.45) is 5.10 Å². The molecule has 29 heavy (non-hydrogen) atoms. The van der Waals surface area contributed by atoms with E-state index in [-0.39, 0.29) is 11.0 Å². The van der Waals surface area contributed by atoms with Crippen molar-refractivity contribution in [1.82, 2.24) is 15.0 Å². The van der Waals surface area contributed by atoms with E-state index < -0.39 is 0 Å². The summed E-state index contributed by atoms with van der Waals surface area (Å²) in [5.41, 5.74) is 7.67. The van der Waals surface area contributed by atoms with Crippen molar-refractivity contribution in [1.29, 1.82) is 0 Å². The van der Waals surface area contributed by atoms with Gasteiger partial charge in [-0.1, -0.05) is 43.5 Å². The van der Waals surface area contributed by atoms with Crippen LogP contribution in [-0.2, 0) is 11.8 Å². The summed E-state index contributed by atoms with van der Waals surface area (Å²) in [5.74, 6) is 0.363. The average molecular weight is 385 g/mol. The Kier molecular flexibility index (Phi) is 4.46. The van der Waals surface area contributed by atoms with Gasteiger partial charge in [-0.3, -0.25) is 14.8 Å². The number of hydrazone groups is 1. The number of aromatic nitrogens is 3. The van der Waals surface area contributed by atoms with E-state index >= 15 is 0 Å². The van der Waals surface area contributed by atoms with Crippen LogP contribution in [0, 0.1) is 0 Å². The van der Waals surface area contributed by atoms with Crippen molar-refractivity contribution in [3.63, 3.8) is 0 Å². The van der Waals surface area contributed by atoms with Crippen molar-refractivity contribution < 1.29 is 0 Å². The number of H-pyrrole nitrogens is 1. The standard InChI is InChI=1S/C23H23N5O/c29-21-19-20(26-22(27-21)28-25-15-16-8-12-24-13-9-16)18-7-3-2-6-17(18)14-23(19)10-4-1-5-11-23/h2-3,6-9,12-13,15H,1,4-5,10-11,14H2,(H2,26,27,28,29)/b25-15-. The Morgan fingerprint density at radius 1 is 1.07 bits per heavy atom. The average Bonchev–Trinajstić information content (AvgIpc) is 2.75. The molecule has 1 saturated carbocycles. The van der Waals surface area contributed by atoms with Gasteiger partial charge >= 0.3 is 0 Å². The molecule has 0 saturated heterocycles. The van der Waals surface area contributed by atoms with Crippen LogP contribution in [0.25, 0.3) is 11.3 Å². The topological polar surface area (TPSA) is 83.0 Å². The van der Waals surface area contributed by atoms with Crippen LogP contribution < -0.4 is 11.0 Å². The van der Waals surface area contributed by atoms with E-state index in [9.17, 15) is 4.79 Å². The van der Waals surface area contributed by atoms with Crippen LogP contribution in [0.5, 0.6) is 0 Å². The highest BCUT2D eigenvalue weighted by atomic mass is 16.1. The second-order valence-electron chi connectivity index (χ2n) is 7.96. The summed E-state index contributed by atoms with van der Waals surface area (Å²) in [6.45, 7) is 0. The van der Waals surface area contributed by atoms with Gasteiger partial charge < -0.3 is 0 Å². The maximum absolute atomic E-state index is 13.2. The Labute approximate surface area is 169 Å². The molecule has 0 radical (unpaired) electrons. The number of aromatic amines is 1. The van der Waals surface area contributed by atoms with Crippen LogP contribution in [0.15, 0.2) is 58.7 Å². The van der Waals surface area contributed by atoms with Crippen molar-refractivity contribution in [3.05, 3.63) is 75.8 Å². The van der Waals surface area contributed by atoms with Gasteiger partial charge in [0.15, 0.2) is 0 Å². The molecule has 2 N–H and O–H groups in total. The summed E-state index contributed by atoms with van der Waals surface area (Å²) in [4.78, 5) is 24.9. The van der Waals surface area contributed by atoms with Crippen molar-refractivity contribution in [3.8, 4) is 11.3 Å². The van der Waals surface area contributed by atoms with E-state index in [1.165, 1.54) is 12.0 Å². The van der Waals surface area contributed by atoms with Crippen LogP contribution in [0.1, 0.15) is 48.8 Å². The number of pyridine rings is 1. The van der Waals surface area contributed by atoms with Gasteiger partial charge in [-0.15, -0.1) is 0 Å². The first-order valence-electron chi connectivity index (χ1n) is 10.2. The fourth-order valence-electron chi connectivity index (χ4n) is 4.84. The van der Waals surface area contributed by atoms with Gasteiger partial charge in [0.1, 0.15) is 0 Å². The van der Waals surface area contributed by atoms with Gasteiger partial charge in [0, 0.05) is 23.4 Å². The number of nitrogens with zero attached hydrogens (tertiary/aromatic N) is 3.